The smallest absolute Gasteiger partial charge is 0.338 e. The van der Waals surface area contributed by atoms with Gasteiger partial charge in [0, 0.05) is 0 Å². The lowest BCUT2D eigenvalue weighted by Gasteiger charge is -2.10. The van der Waals surface area contributed by atoms with Gasteiger partial charge in [-0.25, -0.2) is 9.59 Å². The van der Waals surface area contributed by atoms with Crippen molar-refractivity contribution in [3.05, 3.63) is 81.8 Å². The third-order valence-corrected chi connectivity index (χ3v) is 10.8. The Hall–Kier alpha value is -0.960. The van der Waals surface area contributed by atoms with Crippen molar-refractivity contribution in [3.8, 4) is 0 Å². The van der Waals surface area contributed by atoms with E-state index in [2.05, 4.69) is 70.3 Å². The van der Waals surface area contributed by atoms with Crippen LogP contribution in [0, 0.1) is 13.8 Å². The summed E-state index contributed by atoms with van der Waals surface area (Å²) in [6.07, 6.45) is 6.82. The molecule has 2 aromatic carbocycles. The molecule has 1 saturated carbocycles. The molecule has 0 amide bonds. The average molecular weight is 766 g/mol. The second kappa shape index (κ2) is 15.6. The number of halogens is 4. The maximum atomic E-state index is 11.8. The number of rotatable bonds is 12. The Labute approximate surface area is 254 Å². The van der Waals surface area contributed by atoms with Gasteiger partial charge in [-0.15, -0.1) is 0 Å². The molecule has 1 aliphatic rings. The molecular weight excluding hydrogens is 732 g/mol. The van der Waals surface area contributed by atoms with E-state index in [1.54, 1.807) is 24.3 Å². The summed E-state index contributed by atoms with van der Waals surface area (Å²) in [5.41, 5.74) is 3.51. The van der Waals surface area contributed by atoms with E-state index in [1.165, 1.54) is 0 Å². The Balaban J connectivity index is 0.000000264. The van der Waals surface area contributed by atoms with Gasteiger partial charge >= 0.3 is 11.9 Å². The van der Waals surface area contributed by atoms with Crippen molar-refractivity contribution in [1.82, 2.24) is 0 Å². The number of carbonyl (C=O) groups excluding carboxylic acids is 2. The summed E-state index contributed by atoms with van der Waals surface area (Å²) in [6.45, 7) is 8.68. The normalized spacial score (nSPS) is 17.2. The minimum atomic E-state index is -0.248. The Bertz CT molecular complexity index is 1030. The summed E-state index contributed by atoms with van der Waals surface area (Å²) in [5.74, 6) is -0.483. The number of hydrogen-bond donors (Lipinski definition) is 0. The van der Waals surface area contributed by atoms with Crippen LogP contribution >= 0.6 is 63.7 Å². The van der Waals surface area contributed by atoms with Crippen LogP contribution in [0.2, 0.25) is 0 Å². The first-order chi connectivity index (χ1) is 17.4. The molecule has 1 fully saturated rings. The number of unbranched alkanes of at least 4 members (excludes halogenated alkanes) is 2. The first kappa shape index (κ1) is 32.3. The fraction of sp³-hybridized carbons (Fsp3) is 0.448. The summed E-state index contributed by atoms with van der Waals surface area (Å²) >= 11 is 14.3. The van der Waals surface area contributed by atoms with Crippen LogP contribution in [0.5, 0.6) is 0 Å². The lowest BCUT2D eigenvalue weighted by molar-refractivity contribution is 0.0489. The van der Waals surface area contributed by atoms with Crippen molar-refractivity contribution in [2.45, 2.75) is 66.4 Å². The highest BCUT2D eigenvalue weighted by Crippen LogP contribution is 2.67. The molecule has 2 aromatic rings. The zero-order chi connectivity index (χ0) is 27.5. The summed E-state index contributed by atoms with van der Waals surface area (Å²) in [6, 6.07) is 14.8. The maximum absolute atomic E-state index is 11.8. The van der Waals surface area contributed by atoms with Gasteiger partial charge in [-0.1, -0.05) is 106 Å². The molecule has 0 spiro atoms. The van der Waals surface area contributed by atoms with Crippen LogP contribution in [-0.2, 0) is 9.47 Å². The summed E-state index contributed by atoms with van der Waals surface area (Å²) < 4.78 is 11.6. The number of hydrogen-bond acceptors (Lipinski definition) is 4. The Morgan fingerprint density at radius 3 is 1.57 bits per heavy atom. The van der Waals surface area contributed by atoms with Gasteiger partial charge in [0.05, 0.1) is 31.9 Å². The molecule has 0 saturated heterocycles. The van der Waals surface area contributed by atoms with Gasteiger partial charge in [-0.3, -0.25) is 0 Å². The highest BCUT2D eigenvalue weighted by Gasteiger charge is 2.62. The topological polar surface area (TPSA) is 52.6 Å². The van der Waals surface area contributed by atoms with Crippen molar-refractivity contribution in [1.29, 1.82) is 0 Å². The molecule has 1 atom stereocenters. The molecule has 3 rings (SSSR count). The molecule has 1 aliphatic carbocycles. The van der Waals surface area contributed by atoms with Crippen LogP contribution in [0.1, 0.15) is 76.8 Å². The number of aryl methyl sites for hydroxylation is 2. The standard InChI is InChI=1S/C15H17Br3O2.C14H17BrO2/c1-11-4-6-12(7-5-11)13(19)20-9-3-2-8-14(16)10-15(14,17)18;1-11-6-8-13(9-7-11)14(16)17-10-4-3-5-12(2)15/h4-7H,2-3,8-10H2,1H3;6-9H,2-5,10H2,1H3. The third kappa shape index (κ3) is 11.8. The molecular formula is C29H34Br4O4. The number of benzene rings is 2. The van der Waals surface area contributed by atoms with Gasteiger partial charge in [-0.2, -0.15) is 0 Å². The van der Waals surface area contributed by atoms with Crippen LogP contribution in [0.4, 0.5) is 0 Å². The predicted octanol–water partition coefficient (Wildman–Crippen LogP) is 9.58. The third-order valence-electron chi connectivity index (χ3n) is 5.88. The molecule has 202 valence electrons. The highest BCUT2D eigenvalue weighted by molar-refractivity contribution is 9.26. The zero-order valence-electron chi connectivity index (χ0n) is 21.3. The fourth-order valence-electron chi connectivity index (χ4n) is 3.38. The molecule has 0 bridgehead atoms. The SMILES string of the molecule is C=C(Br)CCCCOC(=O)c1ccc(C)cc1.Cc1ccc(C(=O)OCCCCC2(Br)CC2(Br)Br)cc1. The van der Waals surface area contributed by atoms with Crippen LogP contribution in [-0.4, -0.2) is 32.7 Å². The van der Waals surface area contributed by atoms with Gasteiger partial charge < -0.3 is 9.47 Å². The monoisotopic (exact) mass is 762 g/mol. The second-order valence-electron chi connectivity index (χ2n) is 9.28. The van der Waals surface area contributed by atoms with E-state index in [0.29, 0.717) is 24.3 Å². The molecule has 0 aromatic heterocycles. The Morgan fingerprint density at radius 1 is 0.784 bits per heavy atom. The molecule has 0 heterocycles. The maximum Gasteiger partial charge on any atom is 0.338 e. The van der Waals surface area contributed by atoms with Crippen molar-refractivity contribution in [2.24, 2.45) is 0 Å². The van der Waals surface area contributed by atoms with E-state index >= 15 is 0 Å². The van der Waals surface area contributed by atoms with Crippen LogP contribution in [0.15, 0.2) is 59.6 Å². The van der Waals surface area contributed by atoms with Crippen molar-refractivity contribution in [2.75, 3.05) is 13.2 Å². The van der Waals surface area contributed by atoms with E-state index in [4.69, 9.17) is 9.47 Å². The quantitative estimate of drug-likeness (QED) is 0.123. The molecule has 1 unspecified atom stereocenters. The minimum Gasteiger partial charge on any atom is -0.462 e. The largest absolute Gasteiger partial charge is 0.462 e. The number of alkyl halides is 3. The lowest BCUT2D eigenvalue weighted by Crippen LogP contribution is -2.09. The number of carbonyl (C=O) groups is 2. The average Bonchev–Trinajstić information content (AvgIpc) is 3.36. The summed E-state index contributed by atoms with van der Waals surface area (Å²) in [7, 11) is 0. The molecule has 4 nitrogen and oxygen atoms in total. The lowest BCUT2D eigenvalue weighted by atomic mass is 10.1. The summed E-state index contributed by atoms with van der Waals surface area (Å²) in [4.78, 5) is 23.4. The van der Waals surface area contributed by atoms with E-state index in [0.717, 1.165) is 60.6 Å². The van der Waals surface area contributed by atoms with E-state index in [-0.39, 0.29) is 19.5 Å². The molecule has 8 heteroatoms. The highest BCUT2D eigenvalue weighted by atomic mass is 79.9. The van der Waals surface area contributed by atoms with Crippen LogP contribution in [0.25, 0.3) is 0 Å². The number of allylic oxidation sites excluding steroid dienone is 1. The first-order valence-corrected chi connectivity index (χ1v) is 15.5. The number of esters is 2. The fourth-order valence-corrected chi connectivity index (χ4v) is 6.47. The van der Waals surface area contributed by atoms with Crippen molar-refractivity contribution in [3.63, 3.8) is 0 Å². The van der Waals surface area contributed by atoms with Crippen molar-refractivity contribution < 1.29 is 19.1 Å². The van der Waals surface area contributed by atoms with Gasteiger partial charge in [0.1, 0.15) is 0 Å². The Kier molecular flexibility index (Phi) is 13.6. The van der Waals surface area contributed by atoms with Gasteiger partial charge in [0.2, 0.25) is 0 Å². The van der Waals surface area contributed by atoms with Crippen LogP contribution < -0.4 is 0 Å². The van der Waals surface area contributed by atoms with E-state index < -0.39 is 0 Å². The van der Waals surface area contributed by atoms with Gasteiger partial charge in [0.25, 0.3) is 0 Å². The summed E-state index contributed by atoms with van der Waals surface area (Å²) in [5, 5.41) is 0. The van der Waals surface area contributed by atoms with E-state index in [9.17, 15) is 9.59 Å². The molecule has 0 radical (unpaired) electrons. The minimum absolute atomic E-state index is 0.0472. The van der Waals surface area contributed by atoms with Crippen molar-refractivity contribution >= 4 is 75.7 Å². The van der Waals surface area contributed by atoms with Crippen LogP contribution in [0.3, 0.4) is 0 Å². The second-order valence-corrected chi connectivity index (χ2v) is 15.7. The Morgan fingerprint density at radius 2 is 1.19 bits per heavy atom. The van der Waals surface area contributed by atoms with Gasteiger partial charge in [0.15, 0.2) is 0 Å². The van der Waals surface area contributed by atoms with E-state index in [1.807, 2.05) is 38.1 Å². The number of ether oxygens (including phenoxy) is 2. The van der Waals surface area contributed by atoms with Gasteiger partial charge in [-0.05, 0) is 87.5 Å². The predicted molar refractivity (Wildman–Crippen MR) is 166 cm³/mol. The zero-order valence-corrected chi connectivity index (χ0v) is 27.7. The first-order valence-electron chi connectivity index (χ1n) is 12.3. The molecule has 0 aliphatic heterocycles. The molecule has 37 heavy (non-hydrogen) atoms. The molecule has 0 N–H and O–H groups in total.